The number of nitrogens with zero attached hydrogens (tertiary/aromatic N) is 3. The van der Waals surface area contributed by atoms with E-state index >= 15 is 0 Å². The number of carbonyl (C=O) groups is 1. The first-order valence-corrected chi connectivity index (χ1v) is 9.00. The Morgan fingerprint density at radius 2 is 1.90 bits per heavy atom. The first kappa shape index (κ1) is 19.8. The topological polar surface area (TPSA) is 97.0 Å². The number of nitrogens with one attached hydrogen (secondary N) is 1. The molecule has 3 rings (SSSR count). The Balaban J connectivity index is 1.84. The van der Waals surface area contributed by atoms with Crippen molar-refractivity contribution in [2.24, 2.45) is 0 Å². The van der Waals surface area contributed by atoms with Crippen molar-refractivity contribution in [2.75, 3.05) is 12.4 Å². The molecule has 29 heavy (non-hydrogen) atoms. The van der Waals surface area contributed by atoms with E-state index in [-0.39, 0.29) is 12.1 Å². The fraction of sp³-hybridized carbons (Fsp3) is 0.182. The highest BCUT2D eigenvalue weighted by atomic mass is 16.5. The molecule has 146 valence electrons. The van der Waals surface area contributed by atoms with E-state index in [2.05, 4.69) is 10.4 Å². The number of para-hydroxylation sites is 2. The van der Waals surface area contributed by atoms with E-state index in [1.165, 1.54) is 0 Å². The van der Waals surface area contributed by atoms with Crippen LogP contribution in [0.2, 0.25) is 0 Å². The monoisotopic (exact) mass is 388 g/mol. The van der Waals surface area contributed by atoms with Gasteiger partial charge in [0.25, 0.3) is 5.56 Å². The van der Waals surface area contributed by atoms with Crippen molar-refractivity contribution in [1.29, 1.82) is 5.26 Å². The first-order chi connectivity index (χ1) is 14.0. The SMILES string of the molecule is COc1ccccc1Cc1cc(C)nn(CC(=O)Nc2ccccc2C#N)c1=O. The van der Waals surface area contributed by atoms with Gasteiger partial charge in [0, 0.05) is 12.0 Å². The number of nitriles is 1. The lowest BCUT2D eigenvalue weighted by Crippen LogP contribution is -2.32. The lowest BCUT2D eigenvalue weighted by atomic mass is 10.1. The number of ether oxygens (including phenoxy) is 1. The van der Waals surface area contributed by atoms with E-state index in [1.54, 1.807) is 44.4 Å². The second-order valence-corrected chi connectivity index (χ2v) is 6.47. The highest BCUT2D eigenvalue weighted by Crippen LogP contribution is 2.20. The van der Waals surface area contributed by atoms with Gasteiger partial charge >= 0.3 is 0 Å². The van der Waals surface area contributed by atoms with Crippen LogP contribution in [0.5, 0.6) is 5.75 Å². The Morgan fingerprint density at radius 1 is 1.17 bits per heavy atom. The molecule has 1 heterocycles. The van der Waals surface area contributed by atoms with Crippen LogP contribution in [0.25, 0.3) is 0 Å². The maximum Gasteiger partial charge on any atom is 0.270 e. The van der Waals surface area contributed by atoms with Crippen LogP contribution in [0.4, 0.5) is 5.69 Å². The molecule has 1 aromatic heterocycles. The average Bonchev–Trinajstić information content (AvgIpc) is 2.72. The summed E-state index contributed by atoms with van der Waals surface area (Å²) < 4.78 is 6.50. The first-order valence-electron chi connectivity index (χ1n) is 9.00. The van der Waals surface area contributed by atoms with E-state index < -0.39 is 5.91 Å². The fourth-order valence-electron chi connectivity index (χ4n) is 3.05. The molecule has 7 nitrogen and oxygen atoms in total. The number of amides is 1. The van der Waals surface area contributed by atoms with Crippen LogP contribution >= 0.6 is 0 Å². The van der Waals surface area contributed by atoms with E-state index in [1.807, 2.05) is 30.3 Å². The molecule has 0 radical (unpaired) electrons. The van der Waals surface area contributed by atoms with Gasteiger partial charge in [-0.05, 0) is 36.8 Å². The second kappa shape index (κ2) is 8.85. The minimum absolute atomic E-state index is 0.251. The molecule has 0 aliphatic heterocycles. The van der Waals surface area contributed by atoms with Crippen LogP contribution in [-0.4, -0.2) is 22.8 Å². The summed E-state index contributed by atoms with van der Waals surface area (Å²) >= 11 is 0. The number of hydrogen-bond donors (Lipinski definition) is 1. The number of carbonyl (C=O) groups excluding carboxylic acids is 1. The van der Waals surface area contributed by atoms with Crippen molar-refractivity contribution in [1.82, 2.24) is 9.78 Å². The molecule has 0 spiro atoms. The predicted molar refractivity (Wildman–Crippen MR) is 109 cm³/mol. The third-order valence-electron chi connectivity index (χ3n) is 4.36. The molecule has 0 fully saturated rings. The molecule has 0 aliphatic carbocycles. The summed E-state index contributed by atoms with van der Waals surface area (Å²) in [5.74, 6) is 0.259. The highest BCUT2D eigenvalue weighted by Gasteiger charge is 2.14. The van der Waals surface area contributed by atoms with Gasteiger partial charge in [0.05, 0.1) is 24.1 Å². The van der Waals surface area contributed by atoms with Crippen molar-refractivity contribution < 1.29 is 9.53 Å². The smallest absolute Gasteiger partial charge is 0.270 e. The largest absolute Gasteiger partial charge is 0.496 e. The van der Waals surface area contributed by atoms with Crippen LogP contribution in [0, 0.1) is 18.3 Å². The molecule has 7 heteroatoms. The van der Waals surface area contributed by atoms with Gasteiger partial charge in [0.1, 0.15) is 18.4 Å². The van der Waals surface area contributed by atoms with Gasteiger partial charge < -0.3 is 10.1 Å². The maximum absolute atomic E-state index is 12.9. The number of aryl methyl sites for hydroxylation is 1. The van der Waals surface area contributed by atoms with Crippen LogP contribution in [0.3, 0.4) is 0 Å². The Labute approximate surface area is 168 Å². The number of aromatic nitrogens is 2. The van der Waals surface area contributed by atoms with Gasteiger partial charge in [-0.15, -0.1) is 0 Å². The summed E-state index contributed by atoms with van der Waals surface area (Å²) in [6.07, 6.45) is 0.366. The van der Waals surface area contributed by atoms with Gasteiger partial charge in [0.15, 0.2) is 0 Å². The Kier molecular flexibility index (Phi) is 6.05. The molecule has 0 aliphatic rings. The molecule has 0 unspecified atom stereocenters. The number of benzene rings is 2. The third-order valence-corrected chi connectivity index (χ3v) is 4.36. The van der Waals surface area contributed by atoms with Crippen molar-refractivity contribution in [3.63, 3.8) is 0 Å². The molecule has 0 atom stereocenters. The minimum Gasteiger partial charge on any atom is -0.496 e. The molecule has 1 N–H and O–H groups in total. The summed E-state index contributed by atoms with van der Waals surface area (Å²) in [5.41, 5.74) is 2.42. The Hall–Kier alpha value is -3.92. The van der Waals surface area contributed by atoms with Crippen molar-refractivity contribution in [3.05, 3.63) is 87.3 Å². The van der Waals surface area contributed by atoms with E-state index in [9.17, 15) is 9.59 Å². The van der Waals surface area contributed by atoms with Crippen molar-refractivity contribution >= 4 is 11.6 Å². The van der Waals surface area contributed by atoms with Gasteiger partial charge in [-0.2, -0.15) is 10.4 Å². The van der Waals surface area contributed by atoms with Crippen LogP contribution in [-0.2, 0) is 17.8 Å². The van der Waals surface area contributed by atoms with Crippen LogP contribution < -0.4 is 15.6 Å². The summed E-state index contributed by atoms with van der Waals surface area (Å²) in [6, 6.07) is 17.9. The van der Waals surface area contributed by atoms with Crippen molar-refractivity contribution in [2.45, 2.75) is 19.9 Å². The van der Waals surface area contributed by atoms with E-state index in [0.717, 1.165) is 10.2 Å². The number of rotatable bonds is 6. The minimum atomic E-state index is -0.434. The lowest BCUT2D eigenvalue weighted by molar-refractivity contribution is -0.117. The fourth-order valence-corrected chi connectivity index (χ4v) is 3.05. The zero-order chi connectivity index (χ0) is 20.8. The summed E-state index contributed by atoms with van der Waals surface area (Å²) in [5, 5.41) is 16.0. The van der Waals surface area contributed by atoms with Gasteiger partial charge in [-0.1, -0.05) is 30.3 Å². The predicted octanol–water partition coefficient (Wildman–Crippen LogP) is 2.66. The second-order valence-electron chi connectivity index (χ2n) is 6.47. The van der Waals surface area contributed by atoms with Gasteiger partial charge in [-0.25, -0.2) is 4.68 Å². The quantitative estimate of drug-likeness (QED) is 0.700. The van der Waals surface area contributed by atoms with Crippen LogP contribution in [0.1, 0.15) is 22.4 Å². The van der Waals surface area contributed by atoms with Gasteiger partial charge in [-0.3, -0.25) is 9.59 Å². The molecular formula is C22H20N4O3. The zero-order valence-electron chi connectivity index (χ0n) is 16.2. The molecule has 3 aromatic rings. The van der Waals surface area contributed by atoms with E-state index in [4.69, 9.17) is 10.00 Å². The standard InChI is InChI=1S/C22H20N4O3/c1-15-11-18(12-16-7-4-6-10-20(16)29-2)22(28)26(25-15)14-21(27)24-19-9-5-3-8-17(19)13-23/h3-11H,12,14H2,1-2H3,(H,24,27). The number of hydrogen-bond acceptors (Lipinski definition) is 5. The summed E-state index contributed by atoms with van der Waals surface area (Å²) in [4.78, 5) is 25.3. The summed E-state index contributed by atoms with van der Waals surface area (Å²) in [7, 11) is 1.58. The maximum atomic E-state index is 12.9. The third kappa shape index (κ3) is 4.68. The summed E-state index contributed by atoms with van der Waals surface area (Å²) in [6.45, 7) is 1.52. The normalized spacial score (nSPS) is 10.2. The zero-order valence-corrected chi connectivity index (χ0v) is 16.2. The Bertz CT molecular complexity index is 1150. The number of methoxy groups -OCH3 is 1. The molecule has 2 aromatic carbocycles. The number of anilines is 1. The van der Waals surface area contributed by atoms with Gasteiger partial charge in [0.2, 0.25) is 5.91 Å². The molecule has 1 amide bonds. The molecule has 0 bridgehead atoms. The average molecular weight is 388 g/mol. The molecule has 0 saturated carbocycles. The molecular weight excluding hydrogens is 368 g/mol. The van der Waals surface area contributed by atoms with Crippen LogP contribution in [0.15, 0.2) is 59.4 Å². The Morgan fingerprint density at radius 3 is 2.66 bits per heavy atom. The lowest BCUT2D eigenvalue weighted by Gasteiger charge is -2.11. The van der Waals surface area contributed by atoms with Crippen molar-refractivity contribution in [3.8, 4) is 11.8 Å². The molecule has 0 saturated heterocycles. The highest BCUT2D eigenvalue weighted by molar-refractivity contribution is 5.91. The van der Waals surface area contributed by atoms with E-state index in [0.29, 0.717) is 34.7 Å².